The first-order chi connectivity index (χ1) is 9.10. The molecule has 2 aromatic rings. The molecular weight excluding hydrogens is 284 g/mol. The zero-order chi connectivity index (χ0) is 13.8. The third kappa shape index (κ3) is 3.45. The summed E-state index contributed by atoms with van der Waals surface area (Å²) in [5, 5.41) is 3.20. The summed E-state index contributed by atoms with van der Waals surface area (Å²) in [5.74, 6) is -0.353. The van der Waals surface area contributed by atoms with Crippen LogP contribution in [-0.2, 0) is 11.3 Å². The molecule has 0 spiro atoms. The van der Waals surface area contributed by atoms with Crippen molar-refractivity contribution in [2.24, 2.45) is 0 Å². The summed E-state index contributed by atoms with van der Waals surface area (Å²) in [7, 11) is 1.37. The van der Waals surface area contributed by atoms with E-state index in [0.29, 0.717) is 16.6 Å². The van der Waals surface area contributed by atoms with Crippen molar-refractivity contribution in [3.63, 3.8) is 0 Å². The average molecular weight is 297 g/mol. The molecule has 6 heteroatoms. The molecule has 0 bridgehead atoms. The van der Waals surface area contributed by atoms with Gasteiger partial charge in [-0.05, 0) is 19.1 Å². The molecule has 1 heterocycles. The van der Waals surface area contributed by atoms with Crippen LogP contribution in [0.4, 0.5) is 5.69 Å². The average Bonchev–Trinajstić information content (AvgIpc) is 2.82. The number of halogens is 1. The van der Waals surface area contributed by atoms with Gasteiger partial charge < -0.3 is 10.1 Å². The highest BCUT2D eigenvalue weighted by molar-refractivity contribution is 7.15. The summed E-state index contributed by atoms with van der Waals surface area (Å²) >= 11 is 7.18. The number of anilines is 1. The number of methoxy groups -OCH3 is 1. The third-order valence-corrected chi connectivity index (χ3v) is 3.67. The predicted octanol–water partition coefficient (Wildman–Crippen LogP) is 3.50. The lowest BCUT2D eigenvalue weighted by Gasteiger charge is -2.10. The van der Waals surface area contributed by atoms with E-state index in [9.17, 15) is 4.79 Å². The minimum atomic E-state index is -0.353. The van der Waals surface area contributed by atoms with Gasteiger partial charge in [-0.25, -0.2) is 9.78 Å². The smallest absolute Gasteiger partial charge is 0.339 e. The largest absolute Gasteiger partial charge is 0.465 e. The Morgan fingerprint density at radius 2 is 2.32 bits per heavy atom. The maximum Gasteiger partial charge on any atom is 0.339 e. The third-order valence-electron chi connectivity index (χ3n) is 2.56. The molecule has 0 saturated carbocycles. The number of benzene rings is 1. The summed E-state index contributed by atoms with van der Waals surface area (Å²) in [6, 6.07) is 5.60. The van der Waals surface area contributed by atoms with Gasteiger partial charge in [-0.1, -0.05) is 23.2 Å². The number of thiazole rings is 1. The van der Waals surface area contributed by atoms with Crippen LogP contribution >= 0.6 is 22.9 Å². The van der Waals surface area contributed by atoms with Gasteiger partial charge in [-0.15, -0.1) is 11.3 Å². The molecule has 0 radical (unpaired) electrons. The molecule has 0 unspecified atom stereocenters. The number of rotatable bonds is 4. The van der Waals surface area contributed by atoms with E-state index in [4.69, 9.17) is 16.3 Å². The number of nitrogens with one attached hydrogen (secondary N) is 1. The van der Waals surface area contributed by atoms with Gasteiger partial charge in [0.25, 0.3) is 0 Å². The highest BCUT2D eigenvalue weighted by Crippen LogP contribution is 2.22. The van der Waals surface area contributed by atoms with Crippen molar-refractivity contribution in [1.29, 1.82) is 0 Å². The molecule has 100 valence electrons. The fraction of sp³-hybridized carbons (Fsp3) is 0.231. The number of carbonyl (C=O) groups is 1. The van der Waals surface area contributed by atoms with E-state index in [1.165, 1.54) is 18.4 Å². The molecule has 0 aliphatic rings. The van der Waals surface area contributed by atoms with Crippen LogP contribution in [0.15, 0.2) is 24.4 Å². The first kappa shape index (κ1) is 13.8. The minimum Gasteiger partial charge on any atom is -0.465 e. The van der Waals surface area contributed by atoms with Gasteiger partial charge in [0.15, 0.2) is 4.47 Å². The molecule has 1 aromatic carbocycles. The van der Waals surface area contributed by atoms with Crippen LogP contribution < -0.4 is 5.32 Å². The Bertz CT molecular complexity index is 598. The highest BCUT2D eigenvalue weighted by Gasteiger charge is 2.12. The van der Waals surface area contributed by atoms with Crippen LogP contribution in [-0.4, -0.2) is 18.1 Å². The van der Waals surface area contributed by atoms with Gasteiger partial charge in [-0.3, -0.25) is 0 Å². The maximum atomic E-state index is 11.7. The van der Waals surface area contributed by atoms with Crippen molar-refractivity contribution in [3.05, 3.63) is 44.9 Å². The predicted molar refractivity (Wildman–Crippen MR) is 77.0 cm³/mol. The van der Waals surface area contributed by atoms with Crippen molar-refractivity contribution >= 4 is 34.6 Å². The molecule has 1 N–H and O–H groups in total. The highest BCUT2D eigenvalue weighted by atomic mass is 35.5. The van der Waals surface area contributed by atoms with Gasteiger partial charge in [0, 0.05) is 16.8 Å². The van der Waals surface area contributed by atoms with Crippen LogP contribution in [0.5, 0.6) is 0 Å². The number of ether oxygens (including phenoxy) is 1. The lowest BCUT2D eigenvalue weighted by molar-refractivity contribution is 0.0601. The Balaban J connectivity index is 2.17. The summed E-state index contributed by atoms with van der Waals surface area (Å²) in [6.07, 6.45) is 1.71. The molecule has 2 rings (SSSR count). The zero-order valence-corrected chi connectivity index (χ0v) is 12.1. The van der Waals surface area contributed by atoms with Crippen molar-refractivity contribution in [2.45, 2.75) is 13.5 Å². The lowest BCUT2D eigenvalue weighted by atomic mass is 10.1. The number of aryl methyl sites for hydroxylation is 1. The molecule has 0 amide bonds. The molecule has 4 nitrogen and oxygen atoms in total. The quantitative estimate of drug-likeness (QED) is 0.877. The molecule has 0 saturated heterocycles. The maximum absolute atomic E-state index is 11.7. The van der Waals surface area contributed by atoms with Crippen LogP contribution in [0.1, 0.15) is 20.8 Å². The Hall–Kier alpha value is -1.59. The summed E-state index contributed by atoms with van der Waals surface area (Å²) < 4.78 is 5.29. The fourth-order valence-electron chi connectivity index (χ4n) is 1.64. The molecule has 0 aliphatic carbocycles. The van der Waals surface area contributed by atoms with E-state index in [1.807, 2.05) is 19.1 Å². The standard InChI is InChI=1S/C13H13ClN2O2S/c1-8-3-4-11(10(5-8)12(17)18-2)15-6-9-7-16-13(14)19-9/h3-5,7,15H,6H2,1-2H3. The number of esters is 1. The molecule has 0 fully saturated rings. The Labute approximate surface area is 120 Å². The van der Waals surface area contributed by atoms with Crippen molar-refractivity contribution in [3.8, 4) is 0 Å². The minimum absolute atomic E-state index is 0.353. The number of hydrogen-bond acceptors (Lipinski definition) is 5. The summed E-state index contributed by atoms with van der Waals surface area (Å²) in [5.41, 5.74) is 2.27. The fourth-order valence-corrected chi connectivity index (χ4v) is 2.56. The second-order valence-electron chi connectivity index (χ2n) is 3.97. The van der Waals surface area contributed by atoms with Gasteiger partial charge in [0.1, 0.15) is 0 Å². The summed E-state index contributed by atoms with van der Waals surface area (Å²) in [6.45, 7) is 2.50. The molecule has 0 aliphatic heterocycles. The first-order valence-corrected chi connectivity index (χ1v) is 6.82. The van der Waals surface area contributed by atoms with Gasteiger partial charge in [0.05, 0.1) is 19.2 Å². The molecule has 19 heavy (non-hydrogen) atoms. The molecule has 1 aromatic heterocycles. The van der Waals surface area contributed by atoms with Gasteiger partial charge in [0.2, 0.25) is 0 Å². The molecule has 0 atom stereocenters. The Morgan fingerprint density at radius 3 is 2.95 bits per heavy atom. The Morgan fingerprint density at radius 1 is 1.53 bits per heavy atom. The van der Waals surface area contributed by atoms with Crippen LogP contribution in [0.3, 0.4) is 0 Å². The van der Waals surface area contributed by atoms with Crippen molar-refractivity contribution in [1.82, 2.24) is 4.98 Å². The topological polar surface area (TPSA) is 51.2 Å². The zero-order valence-electron chi connectivity index (χ0n) is 10.6. The molecular formula is C13H13ClN2O2S. The van der Waals surface area contributed by atoms with E-state index in [0.717, 1.165) is 16.1 Å². The van der Waals surface area contributed by atoms with E-state index < -0.39 is 0 Å². The number of hydrogen-bond donors (Lipinski definition) is 1. The van der Waals surface area contributed by atoms with Gasteiger partial charge in [-0.2, -0.15) is 0 Å². The van der Waals surface area contributed by atoms with Crippen LogP contribution in [0.25, 0.3) is 0 Å². The Kier molecular flexibility index (Phi) is 4.39. The van der Waals surface area contributed by atoms with E-state index in [-0.39, 0.29) is 5.97 Å². The number of nitrogens with zero attached hydrogens (tertiary/aromatic N) is 1. The number of aromatic nitrogens is 1. The number of carbonyl (C=O) groups excluding carboxylic acids is 1. The van der Waals surface area contributed by atoms with E-state index in [2.05, 4.69) is 10.3 Å². The van der Waals surface area contributed by atoms with E-state index in [1.54, 1.807) is 12.3 Å². The normalized spacial score (nSPS) is 10.3. The summed E-state index contributed by atoms with van der Waals surface area (Å²) in [4.78, 5) is 16.7. The second kappa shape index (κ2) is 6.04. The first-order valence-electron chi connectivity index (χ1n) is 5.63. The monoisotopic (exact) mass is 296 g/mol. The van der Waals surface area contributed by atoms with Crippen molar-refractivity contribution < 1.29 is 9.53 Å². The van der Waals surface area contributed by atoms with Crippen LogP contribution in [0.2, 0.25) is 4.47 Å². The lowest BCUT2D eigenvalue weighted by Crippen LogP contribution is -2.08. The van der Waals surface area contributed by atoms with Crippen molar-refractivity contribution in [2.75, 3.05) is 12.4 Å². The van der Waals surface area contributed by atoms with Crippen LogP contribution in [0, 0.1) is 6.92 Å². The SMILES string of the molecule is COC(=O)c1cc(C)ccc1NCc1cnc(Cl)s1. The van der Waals surface area contributed by atoms with Gasteiger partial charge >= 0.3 is 5.97 Å². The van der Waals surface area contributed by atoms with E-state index >= 15 is 0 Å². The second-order valence-corrected chi connectivity index (χ2v) is 5.67.